The molecule has 0 unspecified atom stereocenters. The number of hydrogen-bond acceptors (Lipinski definition) is 3. The molecule has 1 aromatic carbocycles. The Balaban J connectivity index is 1.68. The van der Waals surface area contributed by atoms with Crippen molar-refractivity contribution in [1.82, 2.24) is 4.90 Å². The summed E-state index contributed by atoms with van der Waals surface area (Å²) < 4.78 is 5.52. The molecule has 0 amide bonds. The minimum Gasteiger partial charge on any atom is -0.491 e. The van der Waals surface area contributed by atoms with E-state index in [9.17, 15) is 4.79 Å². The van der Waals surface area contributed by atoms with Gasteiger partial charge in [0.15, 0.2) is 0 Å². The summed E-state index contributed by atoms with van der Waals surface area (Å²) in [7, 11) is 0. The van der Waals surface area contributed by atoms with Crippen molar-refractivity contribution >= 4 is 17.6 Å². The number of likely N-dealkylation sites (tertiary alicyclic amines) is 1. The standard InChI is InChI=1S/C12H14ClNO3/c13-10-3-1-2-4-11(10)17-6-5-14-7-9(8-14)12(15)16/h1-4,9H,5-8H2,(H,15,16). The summed E-state index contributed by atoms with van der Waals surface area (Å²) in [6.45, 7) is 2.48. The predicted octanol–water partition coefficient (Wildman–Crippen LogP) is 1.74. The quantitative estimate of drug-likeness (QED) is 0.871. The molecule has 4 nitrogen and oxygen atoms in total. The van der Waals surface area contributed by atoms with Gasteiger partial charge in [0.2, 0.25) is 0 Å². The van der Waals surface area contributed by atoms with E-state index in [0.29, 0.717) is 30.5 Å². The summed E-state index contributed by atoms with van der Waals surface area (Å²) in [6, 6.07) is 7.31. The minimum atomic E-state index is -0.715. The third-order valence-electron chi connectivity index (χ3n) is 2.81. The van der Waals surface area contributed by atoms with Crippen LogP contribution < -0.4 is 4.74 Å². The molecule has 0 bridgehead atoms. The Bertz CT molecular complexity index is 404. The smallest absolute Gasteiger partial charge is 0.309 e. The van der Waals surface area contributed by atoms with Gasteiger partial charge in [-0.2, -0.15) is 0 Å². The first-order valence-corrected chi connectivity index (χ1v) is 5.87. The molecule has 1 aromatic rings. The van der Waals surface area contributed by atoms with Gasteiger partial charge in [0.1, 0.15) is 12.4 Å². The van der Waals surface area contributed by atoms with Crippen LogP contribution in [0, 0.1) is 5.92 Å². The van der Waals surface area contributed by atoms with Crippen LogP contribution in [0.4, 0.5) is 0 Å². The number of nitrogens with zero attached hydrogens (tertiary/aromatic N) is 1. The lowest BCUT2D eigenvalue weighted by Gasteiger charge is -2.36. The molecule has 0 saturated carbocycles. The third-order valence-corrected chi connectivity index (χ3v) is 3.12. The van der Waals surface area contributed by atoms with E-state index in [1.54, 1.807) is 6.07 Å². The SMILES string of the molecule is O=C(O)C1CN(CCOc2ccccc2Cl)C1. The maximum absolute atomic E-state index is 10.6. The van der Waals surface area contributed by atoms with Crippen LogP contribution in [-0.2, 0) is 4.79 Å². The van der Waals surface area contributed by atoms with Crippen LogP contribution in [-0.4, -0.2) is 42.2 Å². The van der Waals surface area contributed by atoms with Gasteiger partial charge < -0.3 is 9.84 Å². The molecule has 17 heavy (non-hydrogen) atoms. The fraction of sp³-hybridized carbons (Fsp3) is 0.417. The van der Waals surface area contributed by atoms with Crippen molar-refractivity contribution in [3.05, 3.63) is 29.3 Å². The molecule has 5 heteroatoms. The second-order valence-electron chi connectivity index (χ2n) is 4.07. The highest BCUT2D eigenvalue weighted by Crippen LogP contribution is 2.23. The van der Waals surface area contributed by atoms with Gasteiger partial charge >= 0.3 is 5.97 Å². The van der Waals surface area contributed by atoms with Gasteiger partial charge in [-0.05, 0) is 12.1 Å². The fourth-order valence-electron chi connectivity index (χ4n) is 1.76. The first kappa shape index (κ1) is 12.2. The Morgan fingerprint density at radius 2 is 2.18 bits per heavy atom. The molecule has 1 aliphatic heterocycles. The van der Waals surface area contributed by atoms with Crippen LogP contribution >= 0.6 is 11.6 Å². The Morgan fingerprint density at radius 1 is 1.47 bits per heavy atom. The van der Waals surface area contributed by atoms with Crippen molar-refractivity contribution in [2.24, 2.45) is 5.92 Å². The van der Waals surface area contributed by atoms with Crippen LogP contribution in [0.15, 0.2) is 24.3 Å². The highest BCUT2D eigenvalue weighted by molar-refractivity contribution is 6.32. The zero-order chi connectivity index (χ0) is 12.3. The van der Waals surface area contributed by atoms with E-state index in [2.05, 4.69) is 4.90 Å². The van der Waals surface area contributed by atoms with Crippen LogP contribution in [0.3, 0.4) is 0 Å². The van der Waals surface area contributed by atoms with Gasteiger partial charge in [0, 0.05) is 19.6 Å². The normalized spacial score (nSPS) is 16.5. The Kier molecular flexibility index (Phi) is 3.86. The van der Waals surface area contributed by atoms with E-state index in [1.165, 1.54) is 0 Å². The summed E-state index contributed by atoms with van der Waals surface area (Å²) in [4.78, 5) is 12.6. The lowest BCUT2D eigenvalue weighted by Crippen LogP contribution is -2.51. The number of carboxylic acids is 1. The Hall–Kier alpha value is -1.26. The Morgan fingerprint density at radius 3 is 2.82 bits per heavy atom. The van der Waals surface area contributed by atoms with Crippen molar-refractivity contribution in [3.8, 4) is 5.75 Å². The largest absolute Gasteiger partial charge is 0.491 e. The zero-order valence-electron chi connectivity index (χ0n) is 9.30. The predicted molar refractivity (Wildman–Crippen MR) is 64.5 cm³/mol. The van der Waals surface area contributed by atoms with Gasteiger partial charge in [0.25, 0.3) is 0 Å². The second kappa shape index (κ2) is 5.38. The Labute approximate surface area is 105 Å². The molecule has 2 rings (SSSR count). The highest BCUT2D eigenvalue weighted by atomic mass is 35.5. The van der Waals surface area contributed by atoms with Gasteiger partial charge in [-0.15, -0.1) is 0 Å². The first-order chi connectivity index (χ1) is 8.16. The summed E-state index contributed by atoms with van der Waals surface area (Å²) in [6.07, 6.45) is 0. The van der Waals surface area contributed by atoms with Crippen LogP contribution in [0.5, 0.6) is 5.75 Å². The number of carbonyl (C=O) groups is 1. The fourth-order valence-corrected chi connectivity index (χ4v) is 1.95. The molecule has 0 aromatic heterocycles. The number of halogens is 1. The molecule has 1 fully saturated rings. The number of rotatable bonds is 5. The lowest BCUT2D eigenvalue weighted by atomic mass is 10.0. The maximum atomic E-state index is 10.6. The van der Waals surface area contributed by atoms with E-state index in [-0.39, 0.29) is 5.92 Å². The number of para-hydroxylation sites is 1. The molecule has 1 aliphatic rings. The molecule has 0 atom stereocenters. The van der Waals surface area contributed by atoms with Crippen LogP contribution in [0.2, 0.25) is 5.02 Å². The van der Waals surface area contributed by atoms with Gasteiger partial charge in [-0.25, -0.2) is 0 Å². The summed E-state index contributed by atoms with van der Waals surface area (Å²) >= 11 is 5.94. The topological polar surface area (TPSA) is 49.8 Å². The average molecular weight is 256 g/mol. The number of hydrogen-bond donors (Lipinski definition) is 1. The number of ether oxygens (including phenoxy) is 1. The van der Waals surface area contributed by atoms with Crippen molar-refractivity contribution < 1.29 is 14.6 Å². The van der Waals surface area contributed by atoms with E-state index in [1.807, 2.05) is 18.2 Å². The van der Waals surface area contributed by atoms with Crippen LogP contribution in [0.25, 0.3) is 0 Å². The molecular weight excluding hydrogens is 242 g/mol. The summed E-state index contributed by atoms with van der Waals surface area (Å²) in [5.74, 6) is -0.256. The van der Waals surface area contributed by atoms with Gasteiger partial charge in [-0.3, -0.25) is 9.69 Å². The van der Waals surface area contributed by atoms with E-state index in [0.717, 1.165) is 6.54 Å². The zero-order valence-corrected chi connectivity index (χ0v) is 10.1. The molecule has 1 N–H and O–H groups in total. The first-order valence-electron chi connectivity index (χ1n) is 5.49. The van der Waals surface area contributed by atoms with Crippen molar-refractivity contribution in [1.29, 1.82) is 0 Å². The number of benzene rings is 1. The molecule has 1 heterocycles. The highest BCUT2D eigenvalue weighted by Gasteiger charge is 2.31. The third kappa shape index (κ3) is 3.11. The minimum absolute atomic E-state index is 0.213. The monoisotopic (exact) mass is 255 g/mol. The molecule has 0 radical (unpaired) electrons. The number of aliphatic carboxylic acids is 1. The number of carboxylic acid groups (broad SMARTS) is 1. The molecule has 92 valence electrons. The van der Waals surface area contributed by atoms with Crippen molar-refractivity contribution in [3.63, 3.8) is 0 Å². The summed E-state index contributed by atoms with van der Waals surface area (Å²) in [5.41, 5.74) is 0. The maximum Gasteiger partial charge on any atom is 0.309 e. The summed E-state index contributed by atoms with van der Waals surface area (Å²) in [5, 5.41) is 9.31. The van der Waals surface area contributed by atoms with Crippen LogP contribution in [0.1, 0.15) is 0 Å². The molecule has 1 saturated heterocycles. The lowest BCUT2D eigenvalue weighted by molar-refractivity contribution is -0.147. The second-order valence-corrected chi connectivity index (χ2v) is 4.48. The van der Waals surface area contributed by atoms with E-state index in [4.69, 9.17) is 21.4 Å². The van der Waals surface area contributed by atoms with Gasteiger partial charge in [0.05, 0.1) is 10.9 Å². The molecular formula is C12H14ClNO3. The van der Waals surface area contributed by atoms with Crippen molar-refractivity contribution in [2.75, 3.05) is 26.2 Å². The van der Waals surface area contributed by atoms with E-state index >= 15 is 0 Å². The van der Waals surface area contributed by atoms with E-state index < -0.39 is 5.97 Å². The van der Waals surface area contributed by atoms with Gasteiger partial charge in [-0.1, -0.05) is 23.7 Å². The molecule has 0 aliphatic carbocycles. The van der Waals surface area contributed by atoms with Crippen molar-refractivity contribution in [2.45, 2.75) is 0 Å². The average Bonchev–Trinajstić information content (AvgIpc) is 2.23. The molecule has 0 spiro atoms.